The van der Waals surface area contributed by atoms with Crippen LogP contribution in [0.25, 0.3) is 74.7 Å². The van der Waals surface area contributed by atoms with Gasteiger partial charge in [-0.05, 0) is 70.3 Å². The molecule has 6 aromatic carbocycles. The topological polar surface area (TPSA) is 17.0 Å². The Morgan fingerprint density at radius 1 is 0.756 bits per heavy atom. The van der Waals surface area contributed by atoms with Crippen molar-refractivity contribution < 1.29 is 0 Å². The van der Waals surface area contributed by atoms with Gasteiger partial charge in [-0.1, -0.05) is 111 Å². The molecule has 0 fully saturated rings. The number of nitrogens with zero attached hydrogens (tertiary/aromatic N) is 1. The van der Waals surface area contributed by atoms with E-state index in [4.69, 9.17) is 0 Å². The van der Waals surface area contributed by atoms with E-state index in [1.54, 1.807) is 0 Å². The summed E-state index contributed by atoms with van der Waals surface area (Å²) in [7, 11) is 0. The number of allylic oxidation sites excluding steroid dienone is 2. The minimum Gasteiger partial charge on any atom is -0.377 e. The molecule has 0 bridgehead atoms. The molecule has 0 saturated carbocycles. The Morgan fingerprint density at radius 2 is 1.42 bits per heavy atom. The molecule has 0 spiro atoms. The van der Waals surface area contributed by atoms with Crippen molar-refractivity contribution in [2.45, 2.75) is 40.3 Å². The normalized spacial score (nSPS) is 15.3. The van der Waals surface area contributed by atoms with Gasteiger partial charge in [-0.2, -0.15) is 0 Å². The molecule has 3 heterocycles. The lowest BCUT2D eigenvalue weighted by molar-refractivity contribution is 0.827. The summed E-state index contributed by atoms with van der Waals surface area (Å²) in [6, 6.07) is 38.0. The van der Waals surface area contributed by atoms with Crippen LogP contribution in [0.15, 0.2) is 116 Å². The van der Waals surface area contributed by atoms with Crippen LogP contribution in [0.3, 0.4) is 0 Å². The molecule has 0 radical (unpaired) electrons. The van der Waals surface area contributed by atoms with Crippen LogP contribution >= 0.6 is 11.3 Å². The number of hydrogen-bond donors (Lipinski definition) is 1. The number of thiophene rings is 1. The number of aromatic nitrogens is 1. The average molecular weight is 601 g/mol. The quantitative estimate of drug-likeness (QED) is 0.213. The van der Waals surface area contributed by atoms with E-state index in [9.17, 15) is 0 Å². The van der Waals surface area contributed by atoms with Crippen molar-refractivity contribution in [2.75, 3.05) is 5.32 Å². The van der Waals surface area contributed by atoms with Crippen LogP contribution in [-0.4, -0.2) is 10.6 Å². The van der Waals surface area contributed by atoms with Crippen molar-refractivity contribution in [3.05, 3.63) is 127 Å². The van der Waals surface area contributed by atoms with Crippen LogP contribution in [0, 0.1) is 0 Å². The maximum Gasteiger partial charge on any atom is 0.0610 e. The zero-order valence-corrected chi connectivity index (χ0v) is 27.1. The molecular weight excluding hydrogens is 565 g/mol. The number of fused-ring (bicyclic) bond motifs is 13. The van der Waals surface area contributed by atoms with Crippen molar-refractivity contribution in [1.82, 2.24) is 4.57 Å². The Bertz CT molecular complexity index is 2500. The second-order valence-electron chi connectivity index (χ2n) is 11.7. The predicted octanol–water partition coefficient (Wildman–Crippen LogP) is 12.4. The van der Waals surface area contributed by atoms with Gasteiger partial charge >= 0.3 is 0 Å². The second kappa shape index (κ2) is 10.6. The number of nitrogens with one attached hydrogen (secondary N) is 1. The molecule has 1 N–H and O–H groups in total. The van der Waals surface area contributed by atoms with Gasteiger partial charge in [0.2, 0.25) is 0 Å². The smallest absolute Gasteiger partial charge is 0.0610 e. The van der Waals surface area contributed by atoms with Crippen molar-refractivity contribution >= 4 is 91.7 Å². The summed E-state index contributed by atoms with van der Waals surface area (Å²) in [5.74, 6) is 0. The van der Waals surface area contributed by atoms with Crippen molar-refractivity contribution in [3.8, 4) is 0 Å². The molecular formula is C42H36N2S. The molecule has 9 rings (SSSR count). The van der Waals surface area contributed by atoms with Gasteiger partial charge in [-0.25, -0.2) is 0 Å². The van der Waals surface area contributed by atoms with Crippen molar-refractivity contribution in [3.63, 3.8) is 0 Å². The fourth-order valence-corrected chi connectivity index (χ4v) is 8.81. The predicted molar refractivity (Wildman–Crippen MR) is 201 cm³/mol. The van der Waals surface area contributed by atoms with Crippen LogP contribution in [0.2, 0.25) is 0 Å². The Morgan fingerprint density at radius 3 is 2.22 bits per heavy atom. The molecule has 0 saturated heterocycles. The molecule has 1 unspecified atom stereocenters. The van der Waals surface area contributed by atoms with E-state index >= 15 is 0 Å². The van der Waals surface area contributed by atoms with Gasteiger partial charge in [-0.3, -0.25) is 0 Å². The molecule has 220 valence electrons. The lowest BCUT2D eigenvalue weighted by atomic mass is 9.91. The third-order valence-corrected chi connectivity index (χ3v) is 10.7. The number of anilines is 1. The molecule has 45 heavy (non-hydrogen) atoms. The lowest BCUT2D eigenvalue weighted by Gasteiger charge is -2.11. The zero-order valence-electron chi connectivity index (χ0n) is 26.2. The fraction of sp³-hybridized carbons (Fsp3) is 0.143. The van der Waals surface area contributed by atoms with Gasteiger partial charge in [0.05, 0.1) is 10.4 Å². The first-order valence-electron chi connectivity index (χ1n) is 16.1. The van der Waals surface area contributed by atoms with Crippen LogP contribution in [0.5, 0.6) is 0 Å². The fourth-order valence-electron chi connectivity index (χ4n) is 7.44. The first-order valence-corrected chi connectivity index (χ1v) is 16.9. The Hall–Kier alpha value is -4.86. The highest BCUT2D eigenvalue weighted by atomic mass is 32.1. The largest absolute Gasteiger partial charge is 0.377 e. The Balaban J connectivity index is 0.00000147. The third kappa shape index (κ3) is 4.00. The van der Waals surface area contributed by atoms with E-state index in [1.165, 1.54) is 80.3 Å². The van der Waals surface area contributed by atoms with E-state index < -0.39 is 0 Å². The summed E-state index contributed by atoms with van der Waals surface area (Å²) < 4.78 is 5.12. The van der Waals surface area contributed by atoms with Gasteiger partial charge in [0, 0.05) is 55.4 Å². The zero-order chi connectivity index (χ0) is 30.8. The molecule has 1 aliphatic rings. The minimum atomic E-state index is 0.175. The standard InChI is InChI=1S/C40H30N2S.C2H6/c1-4-42-34-16-10-9-13-28(34)29-19-18-26(22-35(29)42)23(2)21-33-24(3)41-38-36(33)30-14-7-8-15-31(30)37-32-20-17-25-11-5-6-12-27(25)39(32)43-40(37)38;1-2/h5-22,24,41H,2,4H2,1,3H3;1-2H3/b33-21+;. The lowest BCUT2D eigenvalue weighted by Crippen LogP contribution is -2.08. The maximum atomic E-state index is 4.61. The number of benzene rings is 6. The summed E-state index contributed by atoms with van der Waals surface area (Å²) >= 11 is 1.92. The highest BCUT2D eigenvalue weighted by molar-refractivity contribution is 7.27. The number of rotatable bonds is 3. The number of hydrogen-bond acceptors (Lipinski definition) is 2. The van der Waals surface area contributed by atoms with E-state index in [-0.39, 0.29) is 6.04 Å². The van der Waals surface area contributed by atoms with E-state index in [0.29, 0.717) is 0 Å². The Labute approximate surface area is 267 Å². The van der Waals surface area contributed by atoms with Crippen LogP contribution in [-0.2, 0) is 6.54 Å². The molecule has 0 amide bonds. The highest BCUT2D eigenvalue weighted by Gasteiger charge is 2.29. The van der Waals surface area contributed by atoms with Gasteiger partial charge in [0.15, 0.2) is 0 Å². The van der Waals surface area contributed by atoms with Gasteiger partial charge in [-0.15, -0.1) is 11.3 Å². The molecule has 1 aliphatic heterocycles. The van der Waals surface area contributed by atoms with Crippen LogP contribution < -0.4 is 5.32 Å². The summed E-state index contributed by atoms with van der Waals surface area (Å²) in [4.78, 5) is 0. The number of para-hydroxylation sites is 1. The Kier molecular flexibility index (Phi) is 6.54. The first-order chi connectivity index (χ1) is 22.1. The summed E-state index contributed by atoms with van der Waals surface area (Å²) in [5.41, 5.74) is 8.63. The molecule has 2 nitrogen and oxygen atoms in total. The highest BCUT2D eigenvalue weighted by Crippen LogP contribution is 2.52. The maximum absolute atomic E-state index is 4.61. The van der Waals surface area contributed by atoms with Gasteiger partial charge in [0.25, 0.3) is 0 Å². The van der Waals surface area contributed by atoms with Crippen LogP contribution in [0.4, 0.5) is 5.69 Å². The van der Waals surface area contributed by atoms with Gasteiger partial charge < -0.3 is 9.88 Å². The summed E-state index contributed by atoms with van der Waals surface area (Å²) in [6.45, 7) is 14.0. The van der Waals surface area contributed by atoms with E-state index in [2.05, 4.69) is 140 Å². The SMILES string of the molecule is C=C(/C=C1/c2c(c3sc4c5ccccc5ccc4c3c3ccccc23)NC1C)c1ccc2c3ccccc3n(CC)c2c1.CC. The monoisotopic (exact) mass is 600 g/mol. The first kappa shape index (κ1) is 27.7. The minimum absolute atomic E-state index is 0.175. The van der Waals surface area contributed by atoms with E-state index in [1.807, 2.05) is 25.2 Å². The molecule has 3 heteroatoms. The van der Waals surface area contributed by atoms with Crippen molar-refractivity contribution in [1.29, 1.82) is 0 Å². The van der Waals surface area contributed by atoms with Gasteiger partial charge in [0.1, 0.15) is 0 Å². The van der Waals surface area contributed by atoms with E-state index in [0.717, 1.165) is 17.7 Å². The third-order valence-electron chi connectivity index (χ3n) is 9.43. The summed E-state index contributed by atoms with van der Waals surface area (Å²) in [5, 5.41) is 14.5. The van der Waals surface area contributed by atoms with Crippen LogP contribution in [0.1, 0.15) is 38.8 Å². The summed E-state index contributed by atoms with van der Waals surface area (Å²) in [6.07, 6.45) is 2.32. The molecule has 2 aromatic heterocycles. The average Bonchev–Trinajstić information content (AvgIpc) is 3.75. The van der Waals surface area contributed by atoms with Crippen molar-refractivity contribution in [2.24, 2.45) is 0 Å². The molecule has 8 aromatic rings. The molecule has 1 atom stereocenters. The second-order valence-corrected chi connectivity index (χ2v) is 12.8. The number of aryl methyl sites for hydroxylation is 1. The molecule has 0 aliphatic carbocycles.